The Morgan fingerprint density at radius 1 is 0.614 bits per heavy atom. The first-order valence-corrected chi connectivity index (χ1v) is 14.9. The highest BCUT2D eigenvalue weighted by Gasteiger charge is 2.38. The Kier molecular flexibility index (Phi) is 9.76. The van der Waals surface area contributed by atoms with E-state index in [9.17, 15) is 19.8 Å². The van der Waals surface area contributed by atoms with E-state index >= 15 is 0 Å². The van der Waals surface area contributed by atoms with Gasteiger partial charge in [-0.1, -0.05) is 59.6 Å². The average Bonchev–Trinajstić information content (AvgIpc) is 3.22. The van der Waals surface area contributed by atoms with E-state index in [1.807, 2.05) is 49.5 Å². The molecule has 8 nitrogen and oxygen atoms in total. The molecule has 0 spiro atoms. The molecule has 0 fully saturated rings. The number of carbonyl (C=O) groups is 2. The fourth-order valence-corrected chi connectivity index (χ4v) is 6.36. The molecule has 0 bridgehead atoms. The van der Waals surface area contributed by atoms with E-state index in [0.29, 0.717) is 57.3 Å². The largest absolute Gasteiger partial charge is 0.481 e. The molecule has 4 aromatic rings. The SMILES string of the molecule is CNC[C@@H]1c2cc(Cl)ccc2Oc2ccccc2[C@H]1C(=O)O.CNC[C@@H]1c2ccccc2Oc2ccc(Cl)cc2[C@H]1C(=O)O. The lowest BCUT2D eigenvalue weighted by Crippen LogP contribution is -2.27. The molecule has 2 aliphatic heterocycles. The van der Waals surface area contributed by atoms with Gasteiger partial charge in [-0.2, -0.15) is 0 Å². The number of halogens is 2. The molecule has 10 heteroatoms. The molecule has 4 aromatic carbocycles. The lowest BCUT2D eigenvalue weighted by molar-refractivity contribution is -0.140. The van der Waals surface area contributed by atoms with Gasteiger partial charge in [0.05, 0.1) is 11.8 Å². The highest BCUT2D eigenvalue weighted by molar-refractivity contribution is 6.31. The number of ether oxygens (including phenoxy) is 2. The van der Waals surface area contributed by atoms with Gasteiger partial charge in [-0.25, -0.2) is 0 Å². The number of nitrogens with one attached hydrogen (secondary N) is 2. The fraction of sp³-hybridized carbons (Fsp3) is 0.235. The molecule has 0 saturated carbocycles. The maximum absolute atomic E-state index is 11.9. The van der Waals surface area contributed by atoms with Crippen LogP contribution < -0.4 is 20.1 Å². The van der Waals surface area contributed by atoms with Crippen LogP contribution in [0, 0.1) is 0 Å². The summed E-state index contributed by atoms with van der Waals surface area (Å²) in [4.78, 5) is 23.9. The molecule has 6 rings (SSSR count). The van der Waals surface area contributed by atoms with Gasteiger partial charge in [0.2, 0.25) is 0 Å². The minimum absolute atomic E-state index is 0.238. The van der Waals surface area contributed by atoms with Crippen LogP contribution in [0.3, 0.4) is 0 Å². The van der Waals surface area contributed by atoms with Crippen molar-refractivity contribution in [3.05, 3.63) is 117 Å². The number of benzene rings is 4. The molecule has 228 valence electrons. The maximum Gasteiger partial charge on any atom is 0.311 e. The van der Waals surface area contributed by atoms with Gasteiger partial charge in [-0.05, 0) is 62.6 Å². The van der Waals surface area contributed by atoms with E-state index in [4.69, 9.17) is 32.7 Å². The van der Waals surface area contributed by atoms with Crippen LogP contribution in [0.25, 0.3) is 0 Å². The number of fused-ring (bicyclic) bond motifs is 4. The van der Waals surface area contributed by atoms with Crippen molar-refractivity contribution in [2.24, 2.45) is 0 Å². The highest BCUT2D eigenvalue weighted by atomic mass is 35.5. The van der Waals surface area contributed by atoms with Crippen LogP contribution in [-0.2, 0) is 9.59 Å². The third-order valence-corrected chi connectivity index (χ3v) is 8.35. The summed E-state index contributed by atoms with van der Waals surface area (Å²) in [6, 6.07) is 25.3. The summed E-state index contributed by atoms with van der Waals surface area (Å²) in [7, 11) is 3.62. The van der Waals surface area contributed by atoms with Gasteiger partial charge in [0, 0.05) is 57.2 Å². The fourth-order valence-electron chi connectivity index (χ4n) is 6.00. The predicted octanol–water partition coefficient (Wildman–Crippen LogP) is 7.23. The summed E-state index contributed by atoms with van der Waals surface area (Å²) in [5.74, 6) is -1.20. The number of carboxylic acid groups (broad SMARTS) is 2. The Morgan fingerprint density at radius 3 is 1.57 bits per heavy atom. The quantitative estimate of drug-likeness (QED) is 0.175. The van der Waals surface area contributed by atoms with Gasteiger partial charge < -0.3 is 30.3 Å². The third kappa shape index (κ3) is 6.39. The second kappa shape index (κ2) is 13.7. The van der Waals surface area contributed by atoms with Crippen molar-refractivity contribution in [1.82, 2.24) is 10.6 Å². The van der Waals surface area contributed by atoms with Crippen LogP contribution in [0.1, 0.15) is 45.9 Å². The van der Waals surface area contributed by atoms with Crippen molar-refractivity contribution in [2.75, 3.05) is 27.2 Å². The predicted molar refractivity (Wildman–Crippen MR) is 170 cm³/mol. The summed E-state index contributed by atoms with van der Waals surface area (Å²) < 4.78 is 11.9. The molecule has 0 amide bonds. The summed E-state index contributed by atoms with van der Waals surface area (Å²) in [5.41, 5.74) is 2.99. The van der Waals surface area contributed by atoms with Crippen LogP contribution in [-0.4, -0.2) is 49.3 Å². The van der Waals surface area contributed by atoms with E-state index in [0.717, 1.165) is 11.1 Å². The van der Waals surface area contributed by atoms with Gasteiger partial charge in [-0.15, -0.1) is 0 Å². The van der Waals surface area contributed by atoms with Crippen molar-refractivity contribution in [3.63, 3.8) is 0 Å². The number of hydrogen-bond donors (Lipinski definition) is 4. The molecule has 4 atom stereocenters. The summed E-state index contributed by atoms with van der Waals surface area (Å²) >= 11 is 12.2. The van der Waals surface area contributed by atoms with Crippen molar-refractivity contribution in [1.29, 1.82) is 0 Å². The Morgan fingerprint density at radius 2 is 1.02 bits per heavy atom. The zero-order chi connectivity index (χ0) is 31.4. The second-order valence-electron chi connectivity index (χ2n) is 10.6. The first-order valence-electron chi connectivity index (χ1n) is 14.1. The van der Waals surface area contributed by atoms with Gasteiger partial charge in [0.15, 0.2) is 0 Å². The molecule has 4 N–H and O–H groups in total. The number of hydrogen-bond acceptors (Lipinski definition) is 6. The normalized spacial score (nSPS) is 19.5. The smallest absolute Gasteiger partial charge is 0.311 e. The van der Waals surface area contributed by atoms with Crippen LogP contribution >= 0.6 is 23.2 Å². The van der Waals surface area contributed by atoms with Gasteiger partial charge >= 0.3 is 11.9 Å². The van der Waals surface area contributed by atoms with Crippen molar-refractivity contribution in [2.45, 2.75) is 23.7 Å². The van der Waals surface area contributed by atoms with Crippen LogP contribution in [0.5, 0.6) is 23.0 Å². The number of rotatable bonds is 6. The van der Waals surface area contributed by atoms with E-state index < -0.39 is 23.8 Å². The third-order valence-electron chi connectivity index (χ3n) is 7.88. The van der Waals surface area contributed by atoms with Gasteiger partial charge in [0.1, 0.15) is 23.0 Å². The minimum atomic E-state index is -0.885. The van der Waals surface area contributed by atoms with E-state index in [1.54, 1.807) is 49.5 Å². The zero-order valence-corrected chi connectivity index (χ0v) is 25.6. The Hall–Kier alpha value is -4.08. The van der Waals surface area contributed by atoms with Gasteiger partial charge in [0.25, 0.3) is 0 Å². The average molecular weight is 636 g/mol. The topological polar surface area (TPSA) is 117 Å². The van der Waals surface area contributed by atoms with Crippen molar-refractivity contribution < 1.29 is 29.3 Å². The number of para-hydroxylation sites is 2. The molecule has 0 aromatic heterocycles. The Balaban J connectivity index is 0.000000175. The number of likely N-dealkylation sites (N-methyl/N-ethyl adjacent to an activating group) is 2. The lowest BCUT2D eigenvalue weighted by atomic mass is 9.81. The van der Waals surface area contributed by atoms with Crippen LogP contribution in [0.4, 0.5) is 0 Å². The molecule has 0 aliphatic carbocycles. The van der Waals surface area contributed by atoms with E-state index in [-0.39, 0.29) is 11.8 Å². The Bertz CT molecular complexity index is 1680. The lowest BCUT2D eigenvalue weighted by Gasteiger charge is -2.23. The Labute approximate surface area is 265 Å². The first kappa shape index (κ1) is 31.3. The van der Waals surface area contributed by atoms with Crippen molar-refractivity contribution >= 4 is 35.1 Å². The van der Waals surface area contributed by atoms with Crippen LogP contribution in [0.15, 0.2) is 84.9 Å². The molecular weight excluding hydrogens is 603 g/mol. The molecule has 2 heterocycles. The standard InChI is InChI=1S/2C17H16ClNO3/c1-19-9-13-12-8-10(18)6-7-15(12)22-14-5-3-2-4-11(14)16(13)17(20)21;1-19-9-13-11-4-2-3-5-14(11)22-15-7-6-10(18)8-12(15)16(13)17(20)21/h2*2-8,13,16,19H,9H2,1H3,(H,20,21)/t2*13-,16-/m11/s1. The zero-order valence-electron chi connectivity index (χ0n) is 24.1. The van der Waals surface area contributed by atoms with Crippen molar-refractivity contribution in [3.8, 4) is 23.0 Å². The summed E-state index contributed by atoms with van der Waals surface area (Å²) in [5, 5.41) is 26.8. The van der Waals surface area contributed by atoms with E-state index in [1.165, 1.54) is 0 Å². The second-order valence-corrected chi connectivity index (χ2v) is 11.5. The summed E-state index contributed by atoms with van der Waals surface area (Å²) in [6.45, 7) is 1.05. The highest BCUT2D eigenvalue weighted by Crippen LogP contribution is 2.48. The minimum Gasteiger partial charge on any atom is -0.481 e. The summed E-state index contributed by atoms with van der Waals surface area (Å²) in [6.07, 6.45) is 0. The van der Waals surface area contributed by atoms with Gasteiger partial charge in [-0.3, -0.25) is 9.59 Å². The monoisotopic (exact) mass is 634 g/mol. The molecular formula is C34H32Cl2N2O6. The maximum atomic E-state index is 11.9. The molecule has 2 aliphatic rings. The number of aliphatic carboxylic acids is 2. The molecule has 0 unspecified atom stereocenters. The first-order chi connectivity index (χ1) is 21.2. The molecule has 44 heavy (non-hydrogen) atoms. The molecule has 0 saturated heterocycles. The van der Waals surface area contributed by atoms with E-state index in [2.05, 4.69) is 10.6 Å². The van der Waals surface area contributed by atoms with Crippen LogP contribution in [0.2, 0.25) is 10.0 Å². The number of carboxylic acids is 2. The molecule has 0 radical (unpaired) electrons.